The Morgan fingerprint density at radius 1 is 1.52 bits per heavy atom. The molecule has 1 fully saturated rings. The fourth-order valence-corrected chi connectivity index (χ4v) is 3.28. The van der Waals surface area contributed by atoms with Crippen molar-refractivity contribution in [3.8, 4) is 11.5 Å². The average Bonchev–Trinajstić information content (AvgIpc) is 3.15. The Morgan fingerprint density at radius 2 is 2.43 bits per heavy atom. The van der Waals surface area contributed by atoms with Gasteiger partial charge in [0.1, 0.15) is 0 Å². The van der Waals surface area contributed by atoms with Crippen LogP contribution >= 0.6 is 11.3 Å². The molecule has 1 saturated heterocycles. The van der Waals surface area contributed by atoms with Crippen molar-refractivity contribution < 1.29 is 9.21 Å². The number of piperidine rings is 1. The van der Waals surface area contributed by atoms with Crippen molar-refractivity contribution in [2.75, 3.05) is 13.1 Å². The van der Waals surface area contributed by atoms with Gasteiger partial charge in [0.25, 0.3) is 0 Å². The maximum absolute atomic E-state index is 12.2. The van der Waals surface area contributed by atoms with Gasteiger partial charge in [-0.1, -0.05) is 6.92 Å². The summed E-state index contributed by atoms with van der Waals surface area (Å²) in [5.74, 6) is 1.87. The third-order valence-corrected chi connectivity index (χ3v) is 4.48. The third-order valence-electron chi connectivity index (χ3n) is 3.80. The molecular weight excluding hydrogens is 286 g/mol. The zero-order chi connectivity index (χ0) is 14.7. The number of aryl methyl sites for hydroxylation is 1. The number of amides is 1. The first-order valence-electron chi connectivity index (χ1n) is 7.35. The van der Waals surface area contributed by atoms with Crippen molar-refractivity contribution in [1.29, 1.82) is 0 Å². The molecule has 0 spiro atoms. The predicted molar refractivity (Wildman–Crippen MR) is 80.9 cm³/mol. The van der Waals surface area contributed by atoms with Gasteiger partial charge in [0, 0.05) is 36.9 Å². The minimum absolute atomic E-state index is 0.192. The number of carbonyl (C=O) groups is 1. The van der Waals surface area contributed by atoms with Crippen LogP contribution in [0.1, 0.15) is 32.1 Å². The Hall–Kier alpha value is -1.69. The highest BCUT2D eigenvalue weighted by molar-refractivity contribution is 7.08. The van der Waals surface area contributed by atoms with Crippen molar-refractivity contribution in [1.82, 2.24) is 15.1 Å². The van der Waals surface area contributed by atoms with Gasteiger partial charge in [0.15, 0.2) is 0 Å². The molecule has 21 heavy (non-hydrogen) atoms. The highest BCUT2D eigenvalue weighted by atomic mass is 32.1. The summed E-state index contributed by atoms with van der Waals surface area (Å²) in [6.45, 7) is 3.96. The van der Waals surface area contributed by atoms with Crippen LogP contribution in [-0.2, 0) is 11.2 Å². The number of carbonyl (C=O) groups excluding carboxylic acids is 1. The molecule has 0 saturated carbocycles. The highest BCUT2D eigenvalue weighted by Gasteiger charge is 2.21. The molecule has 0 N–H and O–H groups in total. The maximum Gasteiger partial charge on any atom is 0.248 e. The van der Waals surface area contributed by atoms with E-state index in [0.717, 1.165) is 25.1 Å². The van der Waals surface area contributed by atoms with E-state index in [0.29, 0.717) is 30.5 Å². The maximum atomic E-state index is 12.2. The van der Waals surface area contributed by atoms with Gasteiger partial charge in [-0.25, -0.2) is 0 Å². The zero-order valence-corrected chi connectivity index (χ0v) is 12.9. The van der Waals surface area contributed by atoms with Crippen LogP contribution in [0, 0.1) is 5.92 Å². The second kappa shape index (κ2) is 6.39. The molecule has 1 atom stereocenters. The number of nitrogens with zero attached hydrogens (tertiary/aromatic N) is 3. The van der Waals surface area contributed by atoms with Crippen LogP contribution in [0.25, 0.3) is 11.5 Å². The topological polar surface area (TPSA) is 59.2 Å². The number of rotatable bonds is 4. The van der Waals surface area contributed by atoms with Crippen LogP contribution in [0.15, 0.2) is 21.2 Å². The smallest absolute Gasteiger partial charge is 0.248 e. The Morgan fingerprint density at radius 3 is 3.19 bits per heavy atom. The number of hydrogen-bond acceptors (Lipinski definition) is 5. The molecule has 1 amide bonds. The zero-order valence-electron chi connectivity index (χ0n) is 12.1. The number of likely N-dealkylation sites (tertiary alicyclic amines) is 1. The van der Waals surface area contributed by atoms with Crippen molar-refractivity contribution in [2.24, 2.45) is 5.92 Å². The standard InChI is InChI=1S/C15H19N3O2S/c1-11-3-2-7-18(9-11)14(19)5-4-13-16-17-15(20-13)12-6-8-21-10-12/h6,8,10-11H,2-5,7,9H2,1H3. The van der Waals surface area contributed by atoms with Crippen LogP contribution in [0.3, 0.4) is 0 Å². The van der Waals surface area contributed by atoms with Crippen LogP contribution < -0.4 is 0 Å². The molecule has 0 aromatic carbocycles. The van der Waals surface area contributed by atoms with E-state index in [-0.39, 0.29) is 5.91 Å². The van der Waals surface area contributed by atoms with E-state index in [1.165, 1.54) is 6.42 Å². The average molecular weight is 305 g/mol. The summed E-state index contributed by atoms with van der Waals surface area (Å²) in [6.07, 6.45) is 3.28. The van der Waals surface area contributed by atoms with E-state index in [9.17, 15) is 4.79 Å². The first-order valence-corrected chi connectivity index (χ1v) is 8.29. The predicted octanol–water partition coefficient (Wildman–Crippen LogP) is 2.99. The number of thiophene rings is 1. The first kappa shape index (κ1) is 14.3. The van der Waals surface area contributed by atoms with E-state index < -0.39 is 0 Å². The summed E-state index contributed by atoms with van der Waals surface area (Å²) < 4.78 is 5.60. The van der Waals surface area contributed by atoms with Gasteiger partial charge in [-0.05, 0) is 30.2 Å². The number of aromatic nitrogens is 2. The molecular formula is C15H19N3O2S. The second-order valence-corrected chi connectivity index (χ2v) is 6.38. The minimum Gasteiger partial charge on any atom is -0.421 e. The summed E-state index contributed by atoms with van der Waals surface area (Å²) >= 11 is 1.59. The van der Waals surface area contributed by atoms with Gasteiger partial charge in [0.05, 0.1) is 0 Å². The van der Waals surface area contributed by atoms with E-state index >= 15 is 0 Å². The lowest BCUT2D eigenvalue weighted by Crippen LogP contribution is -2.39. The Labute approximate surface area is 128 Å². The molecule has 0 aliphatic carbocycles. The number of hydrogen-bond donors (Lipinski definition) is 0. The van der Waals surface area contributed by atoms with Gasteiger partial charge >= 0.3 is 0 Å². The second-order valence-electron chi connectivity index (χ2n) is 5.60. The Balaban J connectivity index is 1.54. The van der Waals surface area contributed by atoms with Crippen molar-refractivity contribution in [3.63, 3.8) is 0 Å². The molecule has 1 aliphatic rings. The van der Waals surface area contributed by atoms with E-state index in [2.05, 4.69) is 17.1 Å². The van der Waals surface area contributed by atoms with Crippen LogP contribution in [0.5, 0.6) is 0 Å². The molecule has 0 bridgehead atoms. The van der Waals surface area contributed by atoms with Gasteiger partial charge in [-0.3, -0.25) is 4.79 Å². The van der Waals surface area contributed by atoms with Gasteiger partial charge in [0.2, 0.25) is 17.7 Å². The molecule has 3 heterocycles. The lowest BCUT2D eigenvalue weighted by atomic mass is 10.00. The molecule has 2 aromatic rings. The first-order chi connectivity index (χ1) is 10.2. The fraction of sp³-hybridized carbons (Fsp3) is 0.533. The molecule has 5 nitrogen and oxygen atoms in total. The summed E-state index contributed by atoms with van der Waals surface area (Å²) in [5, 5.41) is 12.0. The van der Waals surface area contributed by atoms with Crippen LogP contribution in [0.2, 0.25) is 0 Å². The van der Waals surface area contributed by atoms with Crippen molar-refractivity contribution >= 4 is 17.2 Å². The molecule has 2 aromatic heterocycles. The summed E-state index contributed by atoms with van der Waals surface area (Å²) in [7, 11) is 0. The quantitative estimate of drug-likeness (QED) is 0.871. The van der Waals surface area contributed by atoms with Crippen LogP contribution in [0.4, 0.5) is 0 Å². The lowest BCUT2D eigenvalue weighted by molar-refractivity contribution is -0.132. The van der Waals surface area contributed by atoms with Gasteiger partial charge in [-0.2, -0.15) is 11.3 Å². The summed E-state index contributed by atoms with van der Waals surface area (Å²) in [4.78, 5) is 14.2. The molecule has 6 heteroatoms. The van der Waals surface area contributed by atoms with E-state index in [4.69, 9.17) is 4.42 Å². The highest BCUT2D eigenvalue weighted by Crippen LogP contribution is 2.21. The minimum atomic E-state index is 0.192. The third kappa shape index (κ3) is 3.50. The fourth-order valence-electron chi connectivity index (χ4n) is 2.65. The lowest BCUT2D eigenvalue weighted by Gasteiger charge is -2.30. The van der Waals surface area contributed by atoms with Gasteiger partial charge < -0.3 is 9.32 Å². The monoisotopic (exact) mass is 305 g/mol. The van der Waals surface area contributed by atoms with Crippen molar-refractivity contribution in [2.45, 2.75) is 32.6 Å². The summed E-state index contributed by atoms with van der Waals surface area (Å²) in [6, 6.07) is 1.95. The molecule has 0 radical (unpaired) electrons. The molecule has 1 unspecified atom stereocenters. The normalized spacial score (nSPS) is 18.9. The van der Waals surface area contributed by atoms with Crippen LogP contribution in [-0.4, -0.2) is 34.1 Å². The SMILES string of the molecule is CC1CCCN(C(=O)CCc2nnc(-c3ccsc3)o2)C1. The van der Waals surface area contributed by atoms with Gasteiger partial charge in [-0.15, -0.1) is 10.2 Å². The Kier molecular flexibility index (Phi) is 4.34. The summed E-state index contributed by atoms with van der Waals surface area (Å²) in [5.41, 5.74) is 0.940. The molecule has 1 aliphatic heterocycles. The van der Waals surface area contributed by atoms with E-state index in [1.54, 1.807) is 11.3 Å². The molecule has 3 rings (SSSR count). The largest absolute Gasteiger partial charge is 0.421 e. The van der Waals surface area contributed by atoms with Crippen molar-refractivity contribution in [3.05, 3.63) is 22.7 Å². The molecule has 112 valence electrons. The van der Waals surface area contributed by atoms with E-state index in [1.807, 2.05) is 21.7 Å². The Bertz CT molecular complexity index is 594.